The van der Waals surface area contributed by atoms with E-state index in [9.17, 15) is 0 Å². The van der Waals surface area contributed by atoms with Crippen LogP contribution in [0.5, 0.6) is 0 Å². The van der Waals surface area contributed by atoms with E-state index in [0.29, 0.717) is 5.92 Å². The Hall–Kier alpha value is -1.00. The number of hydrogen-bond donors (Lipinski definition) is 2. The molecule has 2 rings (SSSR count). The molecule has 4 heteroatoms. The van der Waals surface area contributed by atoms with Crippen LogP contribution in [-0.4, -0.2) is 36.7 Å². The maximum atomic E-state index is 6.63. The van der Waals surface area contributed by atoms with E-state index in [0.717, 1.165) is 43.8 Å². The number of allylic oxidation sites excluding steroid dienone is 1. The van der Waals surface area contributed by atoms with E-state index in [1.165, 1.54) is 0 Å². The Morgan fingerprint density at radius 2 is 2.00 bits per heavy atom. The smallest absolute Gasteiger partial charge is 0.121 e. The zero-order valence-corrected chi connectivity index (χ0v) is 12.4. The second-order valence-corrected chi connectivity index (χ2v) is 6.25. The van der Waals surface area contributed by atoms with Crippen LogP contribution >= 0.6 is 0 Å². The molecule has 108 valence electrons. The van der Waals surface area contributed by atoms with Gasteiger partial charge in [-0.15, -0.1) is 0 Å². The van der Waals surface area contributed by atoms with Gasteiger partial charge in [-0.05, 0) is 58.8 Å². The lowest BCUT2D eigenvalue weighted by Gasteiger charge is -2.42. The van der Waals surface area contributed by atoms with Crippen molar-refractivity contribution in [1.82, 2.24) is 4.90 Å². The molecule has 1 aliphatic carbocycles. The van der Waals surface area contributed by atoms with Crippen LogP contribution < -0.4 is 11.5 Å². The van der Waals surface area contributed by atoms with Crippen LogP contribution in [0.2, 0.25) is 0 Å². The lowest BCUT2D eigenvalue weighted by atomic mass is 9.74. The lowest BCUT2D eigenvalue weighted by Crippen LogP contribution is -2.51. The van der Waals surface area contributed by atoms with Crippen molar-refractivity contribution in [2.24, 2.45) is 17.4 Å². The molecule has 1 atom stereocenters. The Kier molecular flexibility index (Phi) is 4.21. The number of hydrogen-bond acceptors (Lipinski definition) is 4. The summed E-state index contributed by atoms with van der Waals surface area (Å²) >= 11 is 0. The van der Waals surface area contributed by atoms with Gasteiger partial charge in [0, 0.05) is 12.0 Å². The predicted molar refractivity (Wildman–Crippen MR) is 78.3 cm³/mol. The molecule has 1 aliphatic heterocycles. The Morgan fingerprint density at radius 1 is 1.37 bits per heavy atom. The van der Waals surface area contributed by atoms with E-state index in [2.05, 4.69) is 18.0 Å². The molecule has 0 radical (unpaired) electrons. The first-order valence-electron chi connectivity index (χ1n) is 7.22. The average Bonchev–Trinajstić information content (AvgIpc) is 2.34. The summed E-state index contributed by atoms with van der Waals surface area (Å²) in [6, 6.07) is 0. The minimum Gasteiger partial charge on any atom is -0.493 e. The number of nitrogens with zero attached hydrogens (tertiary/aromatic N) is 1. The van der Waals surface area contributed by atoms with Gasteiger partial charge >= 0.3 is 0 Å². The number of nitrogens with two attached hydrogens (primary N) is 2. The minimum absolute atomic E-state index is 0.141. The van der Waals surface area contributed by atoms with E-state index >= 15 is 0 Å². The quantitative estimate of drug-likeness (QED) is 0.813. The van der Waals surface area contributed by atoms with Gasteiger partial charge in [-0.1, -0.05) is 6.08 Å². The highest BCUT2D eigenvalue weighted by Gasteiger charge is 2.37. The van der Waals surface area contributed by atoms with Gasteiger partial charge in [0.15, 0.2) is 0 Å². The normalized spacial score (nSPS) is 30.2. The van der Waals surface area contributed by atoms with E-state index < -0.39 is 0 Å². The fraction of sp³-hybridized carbons (Fsp3) is 0.733. The lowest BCUT2D eigenvalue weighted by molar-refractivity contribution is 0.109. The fourth-order valence-electron chi connectivity index (χ4n) is 3.00. The number of rotatable bonds is 3. The second kappa shape index (κ2) is 5.55. The van der Waals surface area contributed by atoms with Crippen LogP contribution in [-0.2, 0) is 4.74 Å². The molecule has 2 aliphatic rings. The third-order valence-electron chi connectivity index (χ3n) is 4.22. The first kappa shape index (κ1) is 14.4. The molecule has 4 nitrogen and oxygen atoms in total. The molecule has 1 heterocycles. The van der Waals surface area contributed by atoms with Gasteiger partial charge in [0.25, 0.3) is 0 Å². The highest BCUT2D eigenvalue weighted by Crippen LogP contribution is 2.36. The largest absolute Gasteiger partial charge is 0.493 e. The Morgan fingerprint density at radius 3 is 2.58 bits per heavy atom. The number of piperidine rings is 1. The van der Waals surface area contributed by atoms with Gasteiger partial charge in [0.2, 0.25) is 0 Å². The van der Waals surface area contributed by atoms with E-state index in [1.54, 1.807) is 0 Å². The summed E-state index contributed by atoms with van der Waals surface area (Å²) in [5.41, 5.74) is 13.1. The molecular weight excluding hydrogens is 238 g/mol. The molecule has 1 unspecified atom stereocenters. The van der Waals surface area contributed by atoms with Crippen LogP contribution in [0.1, 0.15) is 33.1 Å². The van der Waals surface area contributed by atoms with E-state index in [-0.39, 0.29) is 11.6 Å². The first-order chi connectivity index (χ1) is 8.90. The average molecular weight is 265 g/mol. The minimum atomic E-state index is -0.297. The topological polar surface area (TPSA) is 64.5 Å². The predicted octanol–water partition coefficient (Wildman–Crippen LogP) is 1.58. The summed E-state index contributed by atoms with van der Waals surface area (Å²) in [5, 5.41) is 0. The molecule has 1 saturated heterocycles. The molecule has 1 fully saturated rings. The van der Waals surface area contributed by atoms with Crippen molar-refractivity contribution in [3.05, 3.63) is 23.6 Å². The van der Waals surface area contributed by atoms with Crippen molar-refractivity contribution in [3.8, 4) is 0 Å². The second-order valence-electron chi connectivity index (χ2n) is 6.25. The van der Waals surface area contributed by atoms with Crippen molar-refractivity contribution in [1.29, 1.82) is 0 Å². The van der Waals surface area contributed by atoms with Crippen LogP contribution in [0.3, 0.4) is 0 Å². The van der Waals surface area contributed by atoms with Gasteiger partial charge in [-0.2, -0.15) is 0 Å². The summed E-state index contributed by atoms with van der Waals surface area (Å²) in [7, 11) is 2.17. The third kappa shape index (κ3) is 3.31. The maximum absolute atomic E-state index is 6.63. The fourth-order valence-corrected chi connectivity index (χ4v) is 3.00. The summed E-state index contributed by atoms with van der Waals surface area (Å²) in [5.74, 6) is 1.37. The van der Waals surface area contributed by atoms with Gasteiger partial charge < -0.3 is 21.1 Å². The summed E-state index contributed by atoms with van der Waals surface area (Å²) < 4.78 is 5.82. The number of ether oxygens (including phenoxy) is 1. The summed E-state index contributed by atoms with van der Waals surface area (Å²) in [6.07, 6.45) is 7.17. The van der Waals surface area contributed by atoms with Gasteiger partial charge in [-0.3, -0.25) is 0 Å². The van der Waals surface area contributed by atoms with E-state index in [4.69, 9.17) is 16.2 Å². The zero-order chi connectivity index (χ0) is 14.0. The first-order valence-corrected chi connectivity index (χ1v) is 7.22. The van der Waals surface area contributed by atoms with Gasteiger partial charge in [0.1, 0.15) is 5.76 Å². The molecule has 19 heavy (non-hydrogen) atoms. The molecule has 4 N–H and O–H groups in total. The summed E-state index contributed by atoms with van der Waals surface area (Å²) in [4.78, 5) is 2.36. The Labute approximate surface area is 116 Å². The molecular formula is C15H27N3O. The summed E-state index contributed by atoms with van der Waals surface area (Å²) in [6.45, 7) is 6.28. The van der Waals surface area contributed by atoms with Crippen LogP contribution in [0, 0.1) is 5.92 Å². The Balaban J connectivity index is 2.08. The molecule has 0 aromatic heterocycles. The van der Waals surface area contributed by atoms with E-state index in [1.807, 2.05) is 19.9 Å². The standard InChI is InChI=1S/C15H27N3O/c1-11(2)19-14-10-15(17,7-4-13(14)16)12-5-8-18(3)9-6-12/h4,7,11-12H,5-6,8-10,16-17H2,1-3H3. The van der Waals surface area contributed by atoms with Crippen LogP contribution in [0.4, 0.5) is 0 Å². The van der Waals surface area contributed by atoms with Crippen molar-refractivity contribution in [3.63, 3.8) is 0 Å². The Bertz CT molecular complexity index is 381. The van der Waals surface area contributed by atoms with Gasteiger partial charge in [0.05, 0.1) is 11.8 Å². The highest BCUT2D eigenvalue weighted by atomic mass is 16.5. The SMILES string of the molecule is CC(C)OC1=C(N)C=CC(N)(C2CCN(C)CC2)C1. The molecule has 0 amide bonds. The maximum Gasteiger partial charge on any atom is 0.121 e. The zero-order valence-electron chi connectivity index (χ0n) is 12.4. The number of likely N-dealkylation sites (tertiary alicyclic amines) is 1. The molecule has 0 aromatic rings. The molecule has 0 saturated carbocycles. The van der Waals surface area contributed by atoms with Crippen molar-refractivity contribution >= 4 is 0 Å². The molecule has 0 spiro atoms. The molecule has 0 bridgehead atoms. The van der Waals surface area contributed by atoms with Gasteiger partial charge in [-0.25, -0.2) is 0 Å². The van der Waals surface area contributed by atoms with Crippen molar-refractivity contribution in [2.75, 3.05) is 20.1 Å². The van der Waals surface area contributed by atoms with Crippen molar-refractivity contribution in [2.45, 2.75) is 44.8 Å². The third-order valence-corrected chi connectivity index (χ3v) is 4.22. The van der Waals surface area contributed by atoms with Crippen LogP contribution in [0.15, 0.2) is 23.6 Å². The van der Waals surface area contributed by atoms with Crippen LogP contribution in [0.25, 0.3) is 0 Å². The highest BCUT2D eigenvalue weighted by molar-refractivity contribution is 5.31. The molecule has 0 aromatic carbocycles. The monoisotopic (exact) mass is 265 g/mol. The van der Waals surface area contributed by atoms with Crippen molar-refractivity contribution < 1.29 is 4.74 Å².